The lowest BCUT2D eigenvalue weighted by atomic mass is 10.0. The summed E-state index contributed by atoms with van der Waals surface area (Å²) in [5.41, 5.74) is 2.42. The summed E-state index contributed by atoms with van der Waals surface area (Å²) in [6.45, 7) is 5.13. The van der Waals surface area contributed by atoms with Crippen LogP contribution in [0.1, 0.15) is 18.6 Å². The second kappa shape index (κ2) is 6.49. The fraction of sp³-hybridized carbons (Fsp3) is 0.231. The van der Waals surface area contributed by atoms with Crippen molar-refractivity contribution >= 4 is 11.7 Å². The lowest BCUT2D eigenvalue weighted by Gasteiger charge is -2.12. The molecule has 0 bridgehead atoms. The van der Waals surface area contributed by atoms with Crippen molar-refractivity contribution in [2.45, 2.75) is 13.0 Å². The first-order chi connectivity index (χ1) is 9.01. The summed E-state index contributed by atoms with van der Waals surface area (Å²) >= 11 is 0. The lowest BCUT2D eigenvalue weighted by molar-refractivity contribution is -0.384. The van der Waals surface area contributed by atoms with E-state index in [1.807, 2.05) is 0 Å². The quantitative estimate of drug-likeness (QED) is 0.288. The van der Waals surface area contributed by atoms with Crippen LogP contribution >= 0.6 is 0 Å². The molecule has 0 heterocycles. The number of nitrogens with zero attached hydrogens (tertiary/aromatic N) is 1. The number of carbonyl (C=O) groups is 1. The first kappa shape index (κ1) is 14.6. The second-order valence-corrected chi connectivity index (χ2v) is 3.56. The van der Waals surface area contributed by atoms with E-state index < -0.39 is 17.0 Å². The minimum absolute atomic E-state index is 0.101. The molecule has 0 radical (unpaired) electrons. The molecule has 0 aliphatic heterocycles. The zero-order valence-corrected chi connectivity index (χ0v) is 10.3. The van der Waals surface area contributed by atoms with Gasteiger partial charge in [0.2, 0.25) is 0 Å². The highest BCUT2D eigenvalue weighted by Gasteiger charge is 2.21. The summed E-state index contributed by atoms with van der Waals surface area (Å²) in [6.07, 6.45) is -1.28. The van der Waals surface area contributed by atoms with Crippen LogP contribution in [-0.4, -0.2) is 22.6 Å². The van der Waals surface area contributed by atoms with E-state index >= 15 is 0 Å². The summed E-state index contributed by atoms with van der Waals surface area (Å²) in [4.78, 5) is 21.5. The van der Waals surface area contributed by atoms with Gasteiger partial charge in [-0.2, -0.15) is 0 Å². The van der Waals surface area contributed by atoms with Crippen molar-refractivity contribution in [3.05, 3.63) is 57.8 Å². The van der Waals surface area contributed by atoms with Gasteiger partial charge in [0.05, 0.1) is 11.5 Å². The normalized spacial score (nSPS) is 11.3. The van der Waals surface area contributed by atoms with Crippen LogP contribution < -0.4 is 0 Å². The first-order valence-corrected chi connectivity index (χ1v) is 5.50. The third-order valence-electron chi connectivity index (χ3n) is 2.38. The Morgan fingerprint density at radius 3 is 2.53 bits per heavy atom. The van der Waals surface area contributed by atoms with Crippen LogP contribution in [0.2, 0.25) is 0 Å². The molecule has 1 N–H and O–H groups in total. The van der Waals surface area contributed by atoms with Crippen LogP contribution in [0.3, 0.4) is 0 Å². The van der Waals surface area contributed by atoms with Crippen molar-refractivity contribution in [3.63, 3.8) is 0 Å². The highest BCUT2D eigenvalue weighted by atomic mass is 16.6. The molecule has 0 fully saturated rings. The Bertz CT molecular complexity index is 528. The third kappa shape index (κ3) is 3.51. The fourth-order valence-electron chi connectivity index (χ4n) is 1.43. The summed E-state index contributed by atoms with van der Waals surface area (Å²) < 4.78 is 4.75. The Labute approximate surface area is 109 Å². The Morgan fingerprint density at radius 1 is 1.53 bits per heavy atom. The number of hydrogen-bond donors (Lipinski definition) is 1. The predicted molar refractivity (Wildman–Crippen MR) is 67.3 cm³/mol. The minimum Gasteiger partial charge on any atom is -0.462 e. The molecule has 1 atom stereocenters. The third-order valence-corrected chi connectivity index (χ3v) is 2.38. The minimum atomic E-state index is -1.28. The van der Waals surface area contributed by atoms with Crippen LogP contribution in [0.5, 0.6) is 0 Å². The van der Waals surface area contributed by atoms with Gasteiger partial charge in [0.25, 0.3) is 5.69 Å². The lowest BCUT2D eigenvalue weighted by Crippen LogP contribution is -2.14. The molecule has 6 nitrogen and oxygen atoms in total. The monoisotopic (exact) mass is 263 g/mol. The molecule has 1 unspecified atom stereocenters. The standard InChI is InChI=1S/C13H13NO5/c1-3-11(13(16)19-4-2)12(15)9-5-7-10(8-6-9)14(17)18/h5-8,12,15H,1,4H2,2H3. The number of benzene rings is 1. The van der Waals surface area contributed by atoms with Gasteiger partial charge in [0, 0.05) is 12.1 Å². The van der Waals surface area contributed by atoms with E-state index in [0.29, 0.717) is 5.56 Å². The molecule has 0 aliphatic rings. The number of ether oxygens (including phenoxy) is 1. The molecule has 0 amide bonds. The number of non-ortho nitro benzene ring substituents is 1. The number of nitro groups is 1. The van der Waals surface area contributed by atoms with Crippen molar-refractivity contribution in [1.29, 1.82) is 0 Å². The number of nitro benzene ring substituents is 1. The van der Waals surface area contributed by atoms with Gasteiger partial charge < -0.3 is 9.84 Å². The van der Waals surface area contributed by atoms with E-state index in [1.54, 1.807) is 6.92 Å². The van der Waals surface area contributed by atoms with Crippen molar-refractivity contribution in [3.8, 4) is 0 Å². The van der Waals surface area contributed by atoms with Gasteiger partial charge in [-0.15, -0.1) is 5.73 Å². The van der Waals surface area contributed by atoms with E-state index in [0.717, 1.165) is 0 Å². The summed E-state index contributed by atoms with van der Waals surface area (Å²) in [7, 11) is 0. The smallest absolute Gasteiger partial charge is 0.344 e. The molecule has 0 aromatic heterocycles. The molecule has 0 saturated carbocycles. The number of aliphatic hydroxyl groups is 1. The Hall–Kier alpha value is -2.43. The molecule has 0 aliphatic carbocycles. The van der Waals surface area contributed by atoms with E-state index in [9.17, 15) is 20.0 Å². The van der Waals surface area contributed by atoms with Crippen molar-refractivity contribution in [2.24, 2.45) is 0 Å². The Balaban J connectivity index is 2.98. The van der Waals surface area contributed by atoms with Gasteiger partial charge in [0.15, 0.2) is 0 Å². The van der Waals surface area contributed by atoms with Crippen LogP contribution in [0.25, 0.3) is 0 Å². The fourth-order valence-corrected chi connectivity index (χ4v) is 1.43. The molecule has 1 aromatic carbocycles. The Kier molecular flexibility index (Phi) is 5.00. The second-order valence-electron chi connectivity index (χ2n) is 3.56. The zero-order valence-electron chi connectivity index (χ0n) is 10.3. The Morgan fingerprint density at radius 2 is 2.11 bits per heavy atom. The molecule has 1 aromatic rings. The van der Waals surface area contributed by atoms with Crippen LogP contribution in [-0.2, 0) is 9.53 Å². The predicted octanol–water partition coefficient (Wildman–Crippen LogP) is 1.90. The van der Waals surface area contributed by atoms with E-state index in [-0.39, 0.29) is 17.9 Å². The highest BCUT2D eigenvalue weighted by Crippen LogP contribution is 2.23. The van der Waals surface area contributed by atoms with Crippen molar-refractivity contribution in [1.82, 2.24) is 0 Å². The van der Waals surface area contributed by atoms with Gasteiger partial charge in [-0.1, -0.05) is 6.58 Å². The highest BCUT2D eigenvalue weighted by molar-refractivity contribution is 5.89. The summed E-state index contributed by atoms with van der Waals surface area (Å²) in [5, 5.41) is 20.5. The van der Waals surface area contributed by atoms with Crippen molar-refractivity contribution < 1.29 is 19.6 Å². The number of rotatable bonds is 5. The molecule has 0 spiro atoms. The number of aliphatic hydroxyl groups excluding tert-OH is 1. The van der Waals surface area contributed by atoms with E-state index in [2.05, 4.69) is 12.3 Å². The molecular weight excluding hydrogens is 250 g/mol. The van der Waals surface area contributed by atoms with Gasteiger partial charge in [-0.3, -0.25) is 10.1 Å². The van der Waals surface area contributed by atoms with Gasteiger partial charge in [-0.05, 0) is 24.6 Å². The maximum Gasteiger partial charge on any atom is 0.344 e. The van der Waals surface area contributed by atoms with Gasteiger partial charge in [0.1, 0.15) is 11.7 Å². The first-order valence-electron chi connectivity index (χ1n) is 5.50. The van der Waals surface area contributed by atoms with Crippen LogP contribution in [0.4, 0.5) is 5.69 Å². The average molecular weight is 263 g/mol. The number of esters is 1. The number of carbonyl (C=O) groups excluding carboxylic acids is 1. The maximum atomic E-state index is 11.5. The number of hydrogen-bond acceptors (Lipinski definition) is 5. The molecule has 100 valence electrons. The molecular formula is C13H13NO5. The maximum absolute atomic E-state index is 11.5. The SMILES string of the molecule is C=C=C(C(=O)OCC)C(O)c1ccc([N+](=O)[O-])cc1. The van der Waals surface area contributed by atoms with E-state index in [1.165, 1.54) is 24.3 Å². The molecule has 6 heteroatoms. The van der Waals surface area contributed by atoms with Gasteiger partial charge in [-0.25, -0.2) is 4.79 Å². The summed E-state index contributed by atoms with van der Waals surface area (Å²) in [5.74, 6) is -0.719. The van der Waals surface area contributed by atoms with Crippen molar-refractivity contribution in [2.75, 3.05) is 6.61 Å². The molecule has 0 saturated heterocycles. The van der Waals surface area contributed by atoms with Crippen LogP contribution in [0.15, 0.2) is 42.1 Å². The van der Waals surface area contributed by atoms with E-state index in [4.69, 9.17) is 4.74 Å². The topological polar surface area (TPSA) is 89.7 Å². The van der Waals surface area contributed by atoms with Crippen LogP contribution in [0, 0.1) is 10.1 Å². The summed E-state index contributed by atoms with van der Waals surface area (Å²) in [6, 6.07) is 5.20. The molecule has 19 heavy (non-hydrogen) atoms. The molecule has 1 rings (SSSR count). The average Bonchev–Trinajstić information content (AvgIpc) is 2.39. The zero-order chi connectivity index (χ0) is 14.4. The largest absolute Gasteiger partial charge is 0.462 e. The van der Waals surface area contributed by atoms with Gasteiger partial charge >= 0.3 is 5.97 Å².